The first-order chi connectivity index (χ1) is 23.8. The Morgan fingerprint density at radius 3 is 1.19 bits per heavy atom. The van der Waals surface area contributed by atoms with Crippen molar-refractivity contribution in [1.82, 2.24) is 29.9 Å². The van der Waals surface area contributed by atoms with E-state index in [1.54, 1.807) is 12.4 Å². The number of aromatic nitrogens is 6. The van der Waals surface area contributed by atoms with Crippen molar-refractivity contribution in [3.63, 3.8) is 0 Å². The zero-order chi connectivity index (χ0) is 32.1. The molecule has 0 bridgehead atoms. The van der Waals surface area contributed by atoms with Crippen LogP contribution < -0.4 is 0 Å². The van der Waals surface area contributed by atoms with Crippen molar-refractivity contribution in [1.29, 1.82) is 0 Å². The number of hydrogen-bond donors (Lipinski definition) is 0. The molecule has 226 valence electrons. The SMILES string of the molecule is c1ccc(-c2cc(-c3cccc(-c4cccc(-c5nc(-c6ccccc6)nc(-c6ccncc6)n5)c4)c3)nc(-c3ccccc3)n2)cc1. The molecule has 0 spiro atoms. The third kappa shape index (κ3) is 6.10. The summed E-state index contributed by atoms with van der Waals surface area (Å²) in [6.07, 6.45) is 3.50. The Morgan fingerprint density at radius 1 is 0.250 bits per heavy atom. The van der Waals surface area contributed by atoms with Crippen molar-refractivity contribution in [3.05, 3.63) is 170 Å². The van der Waals surface area contributed by atoms with Crippen LogP contribution >= 0.6 is 0 Å². The number of nitrogens with zero attached hydrogens (tertiary/aromatic N) is 6. The Balaban J connectivity index is 1.21. The van der Waals surface area contributed by atoms with Gasteiger partial charge in [-0.3, -0.25) is 4.98 Å². The highest BCUT2D eigenvalue weighted by atomic mass is 15.0. The molecule has 48 heavy (non-hydrogen) atoms. The van der Waals surface area contributed by atoms with Crippen LogP contribution in [0, 0.1) is 0 Å². The molecule has 6 heteroatoms. The average molecular weight is 617 g/mol. The Kier molecular flexibility index (Phi) is 7.79. The van der Waals surface area contributed by atoms with E-state index in [-0.39, 0.29) is 0 Å². The Labute approximate surface area is 278 Å². The van der Waals surface area contributed by atoms with Gasteiger partial charge in [-0.05, 0) is 41.5 Å². The van der Waals surface area contributed by atoms with Crippen LogP contribution in [0.15, 0.2) is 170 Å². The van der Waals surface area contributed by atoms with Crippen molar-refractivity contribution in [2.75, 3.05) is 0 Å². The van der Waals surface area contributed by atoms with Gasteiger partial charge in [0, 0.05) is 45.8 Å². The summed E-state index contributed by atoms with van der Waals surface area (Å²) in [5, 5.41) is 0. The second-order valence-corrected chi connectivity index (χ2v) is 11.3. The molecule has 3 heterocycles. The van der Waals surface area contributed by atoms with Gasteiger partial charge in [-0.25, -0.2) is 24.9 Å². The van der Waals surface area contributed by atoms with Gasteiger partial charge in [0.2, 0.25) is 0 Å². The van der Waals surface area contributed by atoms with Gasteiger partial charge in [0.15, 0.2) is 23.3 Å². The van der Waals surface area contributed by atoms with E-state index in [0.717, 1.165) is 55.9 Å². The number of rotatable bonds is 7. The quantitative estimate of drug-likeness (QED) is 0.177. The van der Waals surface area contributed by atoms with Gasteiger partial charge in [0.25, 0.3) is 0 Å². The minimum atomic E-state index is 0.598. The lowest BCUT2D eigenvalue weighted by atomic mass is 9.99. The molecule has 0 aliphatic rings. The highest BCUT2D eigenvalue weighted by molar-refractivity contribution is 5.78. The lowest BCUT2D eigenvalue weighted by molar-refractivity contribution is 1.07. The predicted molar refractivity (Wildman–Crippen MR) is 191 cm³/mol. The largest absolute Gasteiger partial charge is 0.265 e. The molecule has 0 amide bonds. The molecule has 0 N–H and O–H groups in total. The maximum atomic E-state index is 5.03. The molecule has 0 aliphatic carbocycles. The Bertz CT molecular complexity index is 2040. The summed E-state index contributed by atoms with van der Waals surface area (Å²) in [7, 11) is 0. The van der Waals surface area contributed by atoms with Crippen LogP contribution in [0.1, 0.15) is 0 Å². The van der Waals surface area contributed by atoms with Crippen molar-refractivity contribution in [2.45, 2.75) is 0 Å². The molecule has 0 aliphatic heterocycles. The smallest absolute Gasteiger partial charge is 0.164 e. The molecule has 3 aromatic heterocycles. The first-order valence-electron chi connectivity index (χ1n) is 15.7. The van der Waals surface area contributed by atoms with Crippen LogP contribution in [0.5, 0.6) is 0 Å². The van der Waals surface area contributed by atoms with E-state index in [1.165, 1.54) is 0 Å². The first-order valence-corrected chi connectivity index (χ1v) is 15.7. The van der Waals surface area contributed by atoms with Gasteiger partial charge < -0.3 is 0 Å². The zero-order valence-electron chi connectivity index (χ0n) is 25.8. The highest BCUT2D eigenvalue weighted by Crippen LogP contribution is 2.32. The fourth-order valence-electron chi connectivity index (χ4n) is 5.62. The molecule has 0 saturated carbocycles. The summed E-state index contributed by atoms with van der Waals surface area (Å²) < 4.78 is 0. The van der Waals surface area contributed by atoms with Crippen LogP contribution in [0.4, 0.5) is 0 Å². The molecular weight excluding hydrogens is 589 g/mol. The van der Waals surface area contributed by atoms with Crippen molar-refractivity contribution in [2.24, 2.45) is 0 Å². The minimum Gasteiger partial charge on any atom is -0.265 e. The normalized spacial score (nSPS) is 10.9. The summed E-state index contributed by atoms with van der Waals surface area (Å²) in [5.74, 6) is 2.51. The van der Waals surface area contributed by atoms with Crippen molar-refractivity contribution in [3.8, 4) is 79.2 Å². The molecule has 5 aromatic carbocycles. The third-order valence-corrected chi connectivity index (χ3v) is 8.05. The van der Waals surface area contributed by atoms with Crippen molar-refractivity contribution < 1.29 is 0 Å². The highest BCUT2D eigenvalue weighted by Gasteiger charge is 2.14. The first kappa shape index (κ1) is 28.8. The van der Waals surface area contributed by atoms with E-state index < -0.39 is 0 Å². The molecular formula is C42H28N6. The molecule has 0 fully saturated rings. The summed E-state index contributed by atoms with van der Waals surface area (Å²) in [6, 6.07) is 53.0. The van der Waals surface area contributed by atoms with E-state index in [9.17, 15) is 0 Å². The molecule has 0 saturated heterocycles. The molecule has 0 atom stereocenters. The van der Waals surface area contributed by atoms with Crippen LogP contribution in [-0.2, 0) is 0 Å². The van der Waals surface area contributed by atoms with Crippen LogP contribution in [-0.4, -0.2) is 29.9 Å². The van der Waals surface area contributed by atoms with Gasteiger partial charge in [-0.2, -0.15) is 0 Å². The lowest BCUT2D eigenvalue weighted by Crippen LogP contribution is -2.00. The number of benzene rings is 5. The Morgan fingerprint density at radius 2 is 0.625 bits per heavy atom. The number of pyridine rings is 1. The Hall–Kier alpha value is -6.66. The molecule has 0 radical (unpaired) electrons. The minimum absolute atomic E-state index is 0.598. The maximum absolute atomic E-state index is 5.03. The molecule has 6 nitrogen and oxygen atoms in total. The summed E-state index contributed by atoms with van der Waals surface area (Å²) in [6.45, 7) is 0. The third-order valence-electron chi connectivity index (χ3n) is 8.05. The van der Waals surface area contributed by atoms with E-state index in [0.29, 0.717) is 23.3 Å². The van der Waals surface area contributed by atoms with Gasteiger partial charge in [0.05, 0.1) is 11.4 Å². The standard InChI is InChI=1S/C42H28N6/c1-4-12-29(13-5-1)37-28-38(45-39(44-37)30-14-6-2-7-15-30)35-20-10-18-33(26-35)34-19-11-21-36(27-34)42-47-40(31-16-8-3-9-17-31)46-41(48-42)32-22-24-43-25-23-32/h1-28H. The van der Waals surface area contributed by atoms with Gasteiger partial charge in [-0.1, -0.05) is 127 Å². The van der Waals surface area contributed by atoms with Crippen LogP contribution in [0.25, 0.3) is 79.2 Å². The van der Waals surface area contributed by atoms with Gasteiger partial charge >= 0.3 is 0 Å². The second kappa shape index (κ2) is 13.0. The zero-order valence-corrected chi connectivity index (χ0v) is 25.8. The van der Waals surface area contributed by atoms with Crippen LogP contribution in [0.2, 0.25) is 0 Å². The maximum Gasteiger partial charge on any atom is 0.164 e. The van der Waals surface area contributed by atoms with Crippen LogP contribution in [0.3, 0.4) is 0 Å². The van der Waals surface area contributed by atoms with E-state index in [1.807, 2.05) is 103 Å². The van der Waals surface area contributed by atoms with Gasteiger partial charge in [-0.15, -0.1) is 0 Å². The van der Waals surface area contributed by atoms with E-state index in [2.05, 4.69) is 59.6 Å². The van der Waals surface area contributed by atoms with E-state index >= 15 is 0 Å². The van der Waals surface area contributed by atoms with E-state index in [4.69, 9.17) is 24.9 Å². The fourth-order valence-corrected chi connectivity index (χ4v) is 5.62. The molecule has 0 unspecified atom stereocenters. The summed E-state index contributed by atoms with van der Waals surface area (Å²) >= 11 is 0. The topological polar surface area (TPSA) is 77.3 Å². The average Bonchev–Trinajstić information content (AvgIpc) is 3.19. The number of hydrogen-bond acceptors (Lipinski definition) is 6. The monoisotopic (exact) mass is 616 g/mol. The fraction of sp³-hybridized carbons (Fsp3) is 0. The molecule has 8 aromatic rings. The second-order valence-electron chi connectivity index (χ2n) is 11.3. The lowest BCUT2D eigenvalue weighted by Gasteiger charge is -2.11. The summed E-state index contributed by atoms with van der Waals surface area (Å²) in [4.78, 5) is 28.8. The van der Waals surface area contributed by atoms with Crippen molar-refractivity contribution >= 4 is 0 Å². The predicted octanol–water partition coefficient (Wildman–Crippen LogP) is 9.73. The summed E-state index contributed by atoms with van der Waals surface area (Å²) in [5.41, 5.74) is 9.55. The van der Waals surface area contributed by atoms with Gasteiger partial charge in [0.1, 0.15) is 0 Å². The molecule has 8 rings (SSSR count).